The van der Waals surface area contributed by atoms with E-state index in [2.05, 4.69) is 17.4 Å². The molecule has 0 aromatic heterocycles. The second-order valence-corrected chi connectivity index (χ2v) is 4.47. The number of esters is 1. The second kappa shape index (κ2) is 5.82. The number of hydrogen-bond donors (Lipinski definition) is 1. The van der Waals surface area contributed by atoms with Crippen LogP contribution in [0.25, 0.3) is 0 Å². The summed E-state index contributed by atoms with van der Waals surface area (Å²) in [5.41, 5.74) is 1.28. The molecule has 0 bridgehead atoms. The van der Waals surface area contributed by atoms with Crippen molar-refractivity contribution in [1.29, 1.82) is 0 Å². The Bertz CT molecular complexity index is 364. The minimum atomic E-state index is -0.0287. The average Bonchev–Trinajstić information content (AvgIpc) is 3.10. The summed E-state index contributed by atoms with van der Waals surface area (Å²) in [5, 5.41) is 3.38. The molecule has 1 saturated carbocycles. The van der Waals surface area contributed by atoms with E-state index in [-0.39, 0.29) is 11.9 Å². The van der Waals surface area contributed by atoms with Gasteiger partial charge in [-0.1, -0.05) is 30.3 Å². The fourth-order valence-electron chi connectivity index (χ4n) is 2.01. The van der Waals surface area contributed by atoms with Gasteiger partial charge in [0.2, 0.25) is 0 Å². The van der Waals surface area contributed by atoms with Crippen LogP contribution in [0.2, 0.25) is 0 Å². The van der Waals surface area contributed by atoms with Gasteiger partial charge in [-0.15, -0.1) is 0 Å². The Kier molecular flexibility index (Phi) is 4.15. The average molecular weight is 233 g/mol. The number of rotatable bonds is 6. The lowest BCUT2D eigenvalue weighted by Crippen LogP contribution is -2.18. The molecule has 1 aliphatic carbocycles. The molecule has 0 saturated heterocycles. The summed E-state index contributed by atoms with van der Waals surface area (Å²) in [7, 11) is 0. The van der Waals surface area contributed by atoms with Crippen molar-refractivity contribution in [3.8, 4) is 0 Å². The molecule has 2 unspecified atom stereocenters. The fourth-order valence-corrected chi connectivity index (χ4v) is 2.01. The number of carbonyl (C=O) groups excluding carboxylic acids is 1. The highest BCUT2D eigenvalue weighted by Crippen LogP contribution is 2.38. The maximum Gasteiger partial charge on any atom is 0.309 e. The smallest absolute Gasteiger partial charge is 0.309 e. The summed E-state index contributed by atoms with van der Waals surface area (Å²) in [6.45, 7) is 4.10. The van der Waals surface area contributed by atoms with Crippen molar-refractivity contribution in [1.82, 2.24) is 5.32 Å². The van der Waals surface area contributed by atoms with Crippen molar-refractivity contribution in [3.05, 3.63) is 35.9 Å². The first kappa shape index (κ1) is 12.1. The molecule has 92 valence electrons. The first-order valence-electron chi connectivity index (χ1n) is 6.22. The lowest BCUT2D eigenvalue weighted by molar-refractivity contribution is -0.145. The van der Waals surface area contributed by atoms with Crippen molar-refractivity contribution in [3.63, 3.8) is 0 Å². The van der Waals surface area contributed by atoms with Gasteiger partial charge in [-0.05, 0) is 31.4 Å². The zero-order valence-electron chi connectivity index (χ0n) is 10.2. The molecule has 2 rings (SSSR count). The van der Waals surface area contributed by atoms with E-state index in [0.717, 1.165) is 19.5 Å². The fraction of sp³-hybridized carbons (Fsp3) is 0.500. The zero-order chi connectivity index (χ0) is 12.1. The van der Waals surface area contributed by atoms with E-state index in [4.69, 9.17) is 4.74 Å². The van der Waals surface area contributed by atoms with Gasteiger partial charge in [0.25, 0.3) is 0 Å². The molecule has 0 heterocycles. The van der Waals surface area contributed by atoms with Gasteiger partial charge in [-0.25, -0.2) is 0 Å². The molecule has 17 heavy (non-hydrogen) atoms. The van der Waals surface area contributed by atoms with Gasteiger partial charge in [0.05, 0.1) is 12.5 Å². The molecule has 2 atom stereocenters. The SMILES string of the molecule is CCOC(=O)C1CC1CNCc1ccccc1. The quantitative estimate of drug-likeness (QED) is 0.763. The number of benzene rings is 1. The van der Waals surface area contributed by atoms with Gasteiger partial charge in [-0.3, -0.25) is 4.79 Å². The van der Waals surface area contributed by atoms with Crippen LogP contribution in [0.4, 0.5) is 0 Å². The Morgan fingerprint density at radius 2 is 2.18 bits per heavy atom. The predicted octanol–water partition coefficient (Wildman–Crippen LogP) is 1.98. The van der Waals surface area contributed by atoms with Crippen LogP contribution in [0.15, 0.2) is 30.3 Å². The van der Waals surface area contributed by atoms with E-state index in [1.807, 2.05) is 25.1 Å². The molecular weight excluding hydrogens is 214 g/mol. The molecule has 1 aliphatic rings. The van der Waals surface area contributed by atoms with Crippen LogP contribution in [-0.4, -0.2) is 19.1 Å². The summed E-state index contributed by atoms with van der Waals surface area (Å²) >= 11 is 0. The number of ether oxygens (including phenoxy) is 1. The van der Waals surface area contributed by atoms with Crippen LogP contribution >= 0.6 is 0 Å². The molecule has 0 radical (unpaired) electrons. The Balaban J connectivity index is 1.63. The molecule has 3 heteroatoms. The third-order valence-electron chi connectivity index (χ3n) is 3.09. The highest BCUT2D eigenvalue weighted by molar-refractivity contribution is 5.75. The summed E-state index contributed by atoms with van der Waals surface area (Å²) in [6.07, 6.45) is 0.973. The van der Waals surface area contributed by atoms with E-state index in [9.17, 15) is 4.79 Å². The normalized spacial score (nSPS) is 22.2. The molecule has 0 spiro atoms. The summed E-state index contributed by atoms with van der Waals surface area (Å²) < 4.78 is 4.99. The monoisotopic (exact) mass is 233 g/mol. The molecule has 1 aromatic rings. The van der Waals surface area contributed by atoms with Gasteiger partial charge in [-0.2, -0.15) is 0 Å². The topological polar surface area (TPSA) is 38.3 Å². The largest absolute Gasteiger partial charge is 0.466 e. The van der Waals surface area contributed by atoms with Crippen molar-refractivity contribution >= 4 is 5.97 Å². The number of nitrogens with one attached hydrogen (secondary N) is 1. The lowest BCUT2D eigenvalue weighted by atomic mass is 10.2. The van der Waals surface area contributed by atoms with E-state index >= 15 is 0 Å². The van der Waals surface area contributed by atoms with Crippen molar-refractivity contribution < 1.29 is 9.53 Å². The molecule has 1 fully saturated rings. The van der Waals surface area contributed by atoms with Crippen LogP contribution in [0.5, 0.6) is 0 Å². The number of carbonyl (C=O) groups is 1. The van der Waals surface area contributed by atoms with Gasteiger partial charge >= 0.3 is 5.97 Å². The Morgan fingerprint density at radius 3 is 2.88 bits per heavy atom. The molecule has 0 amide bonds. The van der Waals surface area contributed by atoms with E-state index in [1.54, 1.807) is 0 Å². The minimum absolute atomic E-state index is 0.0287. The molecule has 1 aromatic carbocycles. The minimum Gasteiger partial charge on any atom is -0.466 e. The first-order valence-corrected chi connectivity index (χ1v) is 6.22. The van der Waals surface area contributed by atoms with E-state index < -0.39 is 0 Å². The van der Waals surface area contributed by atoms with Gasteiger partial charge in [0.1, 0.15) is 0 Å². The zero-order valence-corrected chi connectivity index (χ0v) is 10.2. The summed E-state index contributed by atoms with van der Waals surface area (Å²) in [4.78, 5) is 11.4. The van der Waals surface area contributed by atoms with Crippen LogP contribution in [-0.2, 0) is 16.1 Å². The Labute approximate surface area is 102 Å². The van der Waals surface area contributed by atoms with Crippen molar-refractivity contribution in [2.75, 3.05) is 13.2 Å². The third-order valence-corrected chi connectivity index (χ3v) is 3.09. The highest BCUT2D eigenvalue weighted by Gasteiger charge is 2.43. The van der Waals surface area contributed by atoms with E-state index in [1.165, 1.54) is 5.56 Å². The maximum absolute atomic E-state index is 11.4. The first-order chi connectivity index (χ1) is 8.31. The predicted molar refractivity (Wildman–Crippen MR) is 66.4 cm³/mol. The number of hydrogen-bond acceptors (Lipinski definition) is 3. The third kappa shape index (κ3) is 3.56. The molecule has 1 N–H and O–H groups in total. The Morgan fingerprint density at radius 1 is 1.41 bits per heavy atom. The second-order valence-electron chi connectivity index (χ2n) is 4.47. The van der Waals surface area contributed by atoms with Crippen molar-refractivity contribution in [2.24, 2.45) is 11.8 Å². The molecule has 0 aliphatic heterocycles. The highest BCUT2D eigenvalue weighted by atomic mass is 16.5. The Hall–Kier alpha value is -1.35. The van der Waals surface area contributed by atoms with Gasteiger partial charge in [0, 0.05) is 6.54 Å². The summed E-state index contributed by atoms with van der Waals surface area (Å²) in [5.74, 6) is 0.579. The van der Waals surface area contributed by atoms with Crippen LogP contribution in [0, 0.1) is 11.8 Å². The van der Waals surface area contributed by atoms with Crippen molar-refractivity contribution in [2.45, 2.75) is 19.9 Å². The molecule has 3 nitrogen and oxygen atoms in total. The van der Waals surface area contributed by atoms with E-state index in [0.29, 0.717) is 12.5 Å². The summed E-state index contributed by atoms with van der Waals surface area (Å²) in [6, 6.07) is 10.3. The van der Waals surface area contributed by atoms with Gasteiger partial charge < -0.3 is 10.1 Å². The van der Waals surface area contributed by atoms with Gasteiger partial charge in [0.15, 0.2) is 0 Å². The van der Waals surface area contributed by atoms with Crippen LogP contribution < -0.4 is 5.32 Å². The lowest BCUT2D eigenvalue weighted by Gasteiger charge is -2.04. The standard InChI is InChI=1S/C14H19NO2/c1-2-17-14(16)13-8-12(13)10-15-9-11-6-4-3-5-7-11/h3-7,12-13,15H,2,8-10H2,1H3. The van der Waals surface area contributed by atoms with Crippen LogP contribution in [0.3, 0.4) is 0 Å². The molecular formula is C14H19NO2. The van der Waals surface area contributed by atoms with Crippen LogP contribution in [0.1, 0.15) is 18.9 Å². The maximum atomic E-state index is 11.4.